The molecule has 2 saturated heterocycles. The largest absolute Gasteiger partial charge is 0.356 e. The van der Waals surface area contributed by atoms with Crippen molar-refractivity contribution in [2.45, 2.75) is 45.6 Å². The molecular formula is C21H24N4O2S2. The third kappa shape index (κ3) is 3.71. The molecule has 0 radical (unpaired) electrons. The minimum Gasteiger partial charge on any atom is -0.356 e. The standard InChI is InChI=1S/C21H24N4O2S2/c1-3-14(2)25-20(27)16(29-21(25)28)13-15-18(23-10-6-4-7-11-23)22-17-9-5-8-12-24(17)19(15)26/h5,8-9,12-14H,3-4,6-7,10-11H2,1-2H3. The Morgan fingerprint density at radius 1 is 1.24 bits per heavy atom. The lowest BCUT2D eigenvalue weighted by Gasteiger charge is -2.29. The van der Waals surface area contributed by atoms with Crippen molar-refractivity contribution >= 4 is 51.7 Å². The van der Waals surface area contributed by atoms with E-state index in [0.717, 1.165) is 32.4 Å². The van der Waals surface area contributed by atoms with Crippen LogP contribution in [0, 0.1) is 0 Å². The first-order chi connectivity index (χ1) is 14.0. The van der Waals surface area contributed by atoms with E-state index in [4.69, 9.17) is 17.2 Å². The van der Waals surface area contributed by atoms with Gasteiger partial charge in [-0.05, 0) is 50.8 Å². The number of thioether (sulfide) groups is 1. The lowest BCUT2D eigenvalue weighted by atomic mass is 10.1. The molecule has 152 valence electrons. The third-order valence-electron chi connectivity index (χ3n) is 5.54. The molecule has 29 heavy (non-hydrogen) atoms. The molecule has 0 spiro atoms. The van der Waals surface area contributed by atoms with E-state index >= 15 is 0 Å². The van der Waals surface area contributed by atoms with Crippen molar-refractivity contribution in [1.29, 1.82) is 0 Å². The Labute approximate surface area is 179 Å². The molecule has 4 rings (SSSR count). The number of hydrogen-bond acceptors (Lipinski definition) is 6. The molecule has 1 atom stereocenters. The van der Waals surface area contributed by atoms with Crippen LogP contribution in [0.3, 0.4) is 0 Å². The molecule has 2 aromatic rings. The van der Waals surface area contributed by atoms with Crippen LogP contribution in [0.4, 0.5) is 5.82 Å². The summed E-state index contributed by atoms with van der Waals surface area (Å²) in [6, 6.07) is 5.55. The zero-order valence-corrected chi connectivity index (χ0v) is 18.3. The van der Waals surface area contributed by atoms with E-state index in [1.807, 2.05) is 32.0 Å². The highest BCUT2D eigenvalue weighted by molar-refractivity contribution is 8.26. The first kappa shape index (κ1) is 20.1. The van der Waals surface area contributed by atoms with Crippen molar-refractivity contribution in [3.8, 4) is 0 Å². The normalized spacial score (nSPS) is 20.1. The summed E-state index contributed by atoms with van der Waals surface area (Å²) >= 11 is 6.70. The van der Waals surface area contributed by atoms with Crippen molar-refractivity contribution in [3.63, 3.8) is 0 Å². The monoisotopic (exact) mass is 428 g/mol. The first-order valence-electron chi connectivity index (χ1n) is 10.0. The van der Waals surface area contributed by atoms with Crippen LogP contribution < -0.4 is 10.5 Å². The second-order valence-electron chi connectivity index (χ2n) is 7.44. The van der Waals surface area contributed by atoms with Gasteiger partial charge in [-0.1, -0.05) is 37.0 Å². The lowest BCUT2D eigenvalue weighted by molar-refractivity contribution is -0.123. The SMILES string of the molecule is CCC(C)N1C(=O)C(=Cc2c(N3CCCCC3)nc3ccccn3c2=O)SC1=S. The topological polar surface area (TPSA) is 57.9 Å². The number of carbonyl (C=O) groups excluding carboxylic acids is 1. The number of pyridine rings is 1. The Morgan fingerprint density at radius 3 is 2.72 bits per heavy atom. The number of piperidine rings is 1. The van der Waals surface area contributed by atoms with E-state index in [0.29, 0.717) is 26.3 Å². The molecule has 0 aliphatic carbocycles. The molecule has 6 nitrogen and oxygen atoms in total. The number of aromatic nitrogens is 2. The van der Waals surface area contributed by atoms with Gasteiger partial charge in [0.25, 0.3) is 11.5 Å². The highest BCUT2D eigenvalue weighted by Gasteiger charge is 2.35. The van der Waals surface area contributed by atoms with Crippen LogP contribution in [0.25, 0.3) is 11.7 Å². The quantitative estimate of drug-likeness (QED) is 0.547. The molecule has 2 aliphatic heterocycles. The number of rotatable bonds is 4. The third-order valence-corrected chi connectivity index (χ3v) is 6.87. The fraction of sp³-hybridized carbons (Fsp3) is 0.429. The molecule has 2 aromatic heterocycles. The number of hydrogen-bond donors (Lipinski definition) is 0. The highest BCUT2D eigenvalue weighted by Crippen LogP contribution is 2.35. The van der Waals surface area contributed by atoms with E-state index in [2.05, 4.69) is 4.90 Å². The Balaban J connectivity index is 1.85. The summed E-state index contributed by atoms with van der Waals surface area (Å²) in [6.07, 6.45) is 7.56. The van der Waals surface area contributed by atoms with Crippen LogP contribution in [0.2, 0.25) is 0 Å². The summed E-state index contributed by atoms with van der Waals surface area (Å²) in [7, 11) is 0. The minimum absolute atomic E-state index is 0.0331. The van der Waals surface area contributed by atoms with Crippen molar-refractivity contribution < 1.29 is 4.79 Å². The number of anilines is 1. The van der Waals surface area contributed by atoms with E-state index < -0.39 is 0 Å². The highest BCUT2D eigenvalue weighted by atomic mass is 32.2. The summed E-state index contributed by atoms with van der Waals surface area (Å²) in [4.78, 5) is 35.4. The molecule has 2 aliphatic rings. The van der Waals surface area contributed by atoms with Gasteiger partial charge in [-0.2, -0.15) is 0 Å². The predicted molar refractivity (Wildman–Crippen MR) is 122 cm³/mol. The van der Waals surface area contributed by atoms with Gasteiger partial charge in [-0.3, -0.25) is 18.9 Å². The molecular weight excluding hydrogens is 404 g/mol. The van der Waals surface area contributed by atoms with Gasteiger partial charge in [0.15, 0.2) is 0 Å². The average molecular weight is 429 g/mol. The van der Waals surface area contributed by atoms with Crippen molar-refractivity contribution in [1.82, 2.24) is 14.3 Å². The molecule has 4 heterocycles. The van der Waals surface area contributed by atoms with Crippen LogP contribution in [0.15, 0.2) is 34.1 Å². The van der Waals surface area contributed by atoms with Crippen LogP contribution in [-0.4, -0.2) is 43.6 Å². The Hall–Kier alpha value is -2.19. The number of thiocarbonyl (C=S) groups is 1. The van der Waals surface area contributed by atoms with Gasteiger partial charge in [-0.25, -0.2) is 4.98 Å². The predicted octanol–water partition coefficient (Wildman–Crippen LogP) is 3.68. The summed E-state index contributed by atoms with van der Waals surface area (Å²) in [5, 5.41) is 0. The average Bonchev–Trinajstić information content (AvgIpc) is 3.03. The second-order valence-corrected chi connectivity index (χ2v) is 9.12. The first-order valence-corrected chi connectivity index (χ1v) is 11.3. The fourth-order valence-electron chi connectivity index (χ4n) is 3.74. The van der Waals surface area contributed by atoms with E-state index in [1.165, 1.54) is 22.6 Å². The molecule has 0 N–H and O–H groups in total. The number of carbonyl (C=O) groups is 1. The molecule has 8 heteroatoms. The van der Waals surface area contributed by atoms with Gasteiger partial charge >= 0.3 is 0 Å². The van der Waals surface area contributed by atoms with E-state index in [1.54, 1.807) is 17.2 Å². The molecule has 0 aromatic carbocycles. The zero-order valence-electron chi connectivity index (χ0n) is 16.6. The van der Waals surface area contributed by atoms with Crippen LogP contribution in [0.1, 0.15) is 45.1 Å². The van der Waals surface area contributed by atoms with Gasteiger partial charge < -0.3 is 4.90 Å². The van der Waals surface area contributed by atoms with Gasteiger partial charge in [0, 0.05) is 25.3 Å². The summed E-state index contributed by atoms with van der Waals surface area (Å²) in [6.45, 7) is 5.74. The summed E-state index contributed by atoms with van der Waals surface area (Å²) < 4.78 is 2.08. The second kappa shape index (κ2) is 8.28. The smallest absolute Gasteiger partial charge is 0.267 e. The maximum absolute atomic E-state index is 13.3. The van der Waals surface area contributed by atoms with Crippen molar-refractivity contribution in [2.75, 3.05) is 18.0 Å². The van der Waals surface area contributed by atoms with Crippen LogP contribution in [0.5, 0.6) is 0 Å². The van der Waals surface area contributed by atoms with Crippen LogP contribution >= 0.6 is 24.0 Å². The summed E-state index contributed by atoms with van der Waals surface area (Å²) in [5.74, 6) is 0.534. The van der Waals surface area contributed by atoms with Crippen LogP contribution in [-0.2, 0) is 4.79 Å². The Bertz CT molecular complexity index is 1060. The van der Waals surface area contributed by atoms with E-state index in [-0.39, 0.29) is 17.5 Å². The molecule has 1 amide bonds. The number of nitrogens with zero attached hydrogens (tertiary/aromatic N) is 4. The van der Waals surface area contributed by atoms with Gasteiger partial charge in [0.1, 0.15) is 15.8 Å². The molecule has 1 unspecified atom stereocenters. The van der Waals surface area contributed by atoms with Crippen molar-refractivity contribution in [3.05, 3.63) is 45.2 Å². The van der Waals surface area contributed by atoms with Crippen molar-refractivity contribution in [2.24, 2.45) is 0 Å². The molecule has 2 fully saturated rings. The Kier molecular flexibility index (Phi) is 5.74. The van der Waals surface area contributed by atoms with Gasteiger partial charge in [0.2, 0.25) is 0 Å². The summed E-state index contributed by atoms with van der Waals surface area (Å²) in [5.41, 5.74) is 0.910. The minimum atomic E-state index is -0.162. The fourth-order valence-corrected chi connectivity index (χ4v) is 5.18. The lowest BCUT2D eigenvalue weighted by Crippen LogP contribution is -2.36. The zero-order chi connectivity index (χ0) is 20.5. The number of fused-ring (bicyclic) bond motifs is 1. The Morgan fingerprint density at radius 2 is 2.00 bits per heavy atom. The van der Waals surface area contributed by atoms with E-state index in [9.17, 15) is 9.59 Å². The maximum atomic E-state index is 13.3. The molecule has 0 bridgehead atoms. The number of amides is 1. The maximum Gasteiger partial charge on any atom is 0.267 e. The van der Waals surface area contributed by atoms with Gasteiger partial charge in [0.05, 0.1) is 10.5 Å². The van der Waals surface area contributed by atoms with Gasteiger partial charge in [-0.15, -0.1) is 0 Å². The molecule has 0 saturated carbocycles.